The van der Waals surface area contributed by atoms with E-state index in [0.29, 0.717) is 5.92 Å². The third-order valence-electron chi connectivity index (χ3n) is 3.64. The van der Waals surface area contributed by atoms with Crippen LogP contribution in [-0.2, 0) is 0 Å². The Kier molecular flexibility index (Phi) is 2.85. The maximum Gasteiger partial charge on any atom is 0.0399 e. The first kappa shape index (κ1) is 10.3. The van der Waals surface area contributed by atoms with Gasteiger partial charge in [-0.1, -0.05) is 25.3 Å². The second-order valence-electron chi connectivity index (χ2n) is 4.62. The lowest BCUT2D eigenvalue weighted by atomic mass is 9.82. The summed E-state index contributed by atoms with van der Waals surface area (Å²) in [5.41, 5.74) is 16.1. The summed E-state index contributed by atoms with van der Waals surface area (Å²) in [6.45, 7) is 2.01. The molecule has 0 radical (unpaired) electrons. The lowest BCUT2D eigenvalue weighted by molar-refractivity contribution is 0.444. The van der Waals surface area contributed by atoms with Crippen molar-refractivity contribution in [1.29, 1.82) is 0 Å². The zero-order valence-electron chi connectivity index (χ0n) is 9.42. The molecule has 82 valence electrons. The van der Waals surface area contributed by atoms with Crippen LogP contribution in [0.25, 0.3) is 0 Å². The fourth-order valence-corrected chi connectivity index (χ4v) is 2.54. The Bertz CT molecular complexity index is 352. The minimum atomic E-state index is 0.665. The predicted octanol–water partition coefficient (Wildman–Crippen LogP) is 3.21. The van der Waals surface area contributed by atoms with Gasteiger partial charge in [-0.05, 0) is 42.9 Å². The molecule has 0 heterocycles. The van der Waals surface area contributed by atoms with Crippen molar-refractivity contribution in [1.82, 2.24) is 0 Å². The van der Waals surface area contributed by atoms with Crippen LogP contribution in [0.3, 0.4) is 0 Å². The van der Waals surface area contributed by atoms with Gasteiger partial charge < -0.3 is 11.5 Å². The summed E-state index contributed by atoms with van der Waals surface area (Å²) in [5.74, 6) is 0.665. The van der Waals surface area contributed by atoms with Crippen LogP contribution in [0.4, 0.5) is 11.4 Å². The highest BCUT2D eigenvalue weighted by atomic mass is 14.6. The van der Waals surface area contributed by atoms with E-state index in [2.05, 4.69) is 6.07 Å². The van der Waals surface area contributed by atoms with Gasteiger partial charge in [0.1, 0.15) is 0 Å². The molecule has 1 aliphatic carbocycles. The summed E-state index contributed by atoms with van der Waals surface area (Å²) in [6.07, 6.45) is 6.63. The summed E-state index contributed by atoms with van der Waals surface area (Å²) in [4.78, 5) is 0. The standard InChI is InChI=1S/C13H20N2/c1-9-12(14)8-7-11(13(9)15)10-5-3-2-4-6-10/h7-8,10H,2-6,14-15H2,1H3. The van der Waals surface area contributed by atoms with Gasteiger partial charge in [0.2, 0.25) is 0 Å². The maximum absolute atomic E-state index is 6.13. The van der Waals surface area contributed by atoms with E-state index in [1.165, 1.54) is 37.7 Å². The summed E-state index contributed by atoms with van der Waals surface area (Å²) >= 11 is 0. The molecule has 1 saturated carbocycles. The molecule has 0 atom stereocenters. The van der Waals surface area contributed by atoms with Gasteiger partial charge in [0.05, 0.1) is 0 Å². The Morgan fingerprint density at radius 2 is 1.73 bits per heavy atom. The molecule has 0 unspecified atom stereocenters. The van der Waals surface area contributed by atoms with E-state index in [9.17, 15) is 0 Å². The van der Waals surface area contributed by atoms with Crippen LogP contribution in [0.5, 0.6) is 0 Å². The Labute approximate surface area is 91.7 Å². The Balaban J connectivity index is 2.31. The van der Waals surface area contributed by atoms with Crippen molar-refractivity contribution < 1.29 is 0 Å². The van der Waals surface area contributed by atoms with Crippen LogP contribution >= 0.6 is 0 Å². The summed E-state index contributed by atoms with van der Waals surface area (Å²) < 4.78 is 0. The first-order valence-corrected chi connectivity index (χ1v) is 5.84. The van der Waals surface area contributed by atoms with Crippen molar-refractivity contribution in [2.75, 3.05) is 11.5 Å². The molecule has 0 spiro atoms. The number of hydrogen-bond acceptors (Lipinski definition) is 2. The van der Waals surface area contributed by atoms with Gasteiger partial charge in [0.25, 0.3) is 0 Å². The van der Waals surface area contributed by atoms with Crippen molar-refractivity contribution in [3.05, 3.63) is 23.3 Å². The second-order valence-corrected chi connectivity index (χ2v) is 4.62. The smallest absolute Gasteiger partial charge is 0.0399 e. The van der Waals surface area contributed by atoms with E-state index < -0.39 is 0 Å². The molecular weight excluding hydrogens is 184 g/mol. The first-order chi connectivity index (χ1) is 7.20. The molecule has 0 saturated heterocycles. The molecule has 0 amide bonds. The zero-order chi connectivity index (χ0) is 10.8. The monoisotopic (exact) mass is 204 g/mol. The molecule has 2 heteroatoms. The summed E-state index contributed by atoms with van der Waals surface area (Å²) in [6, 6.07) is 4.11. The lowest BCUT2D eigenvalue weighted by Gasteiger charge is -2.24. The minimum absolute atomic E-state index is 0.665. The number of rotatable bonds is 1. The number of anilines is 2. The largest absolute Gasteiger partial charge is 0.398 e. The Morgan fingerprint density at radius 3 is 2.40 bits per heavy atom. The van der Waals surface area contributed by atoms with Crippen molar-refractivity contribution in [2.24, 2.45) is 0 Å². The van der Waals surface area contributed by atoms with Gasteiger partial charge in [-0.3, -0.25) is 0 Å². The Morgan fingerprint density at radius 1 is 1.07 bits per heavy atom. The number of nitrogen functional groups attached to an aromatic ring is 2. The quantitative estimate of drug-likeness (QED) is 0.690. The van der Waals surface area contributed by atoms with Crippen LogP contribution in [0.2, 0.25) is 0 Å². The third-order valence-corrected chi connectivity index (χ3v) is 3.64. The lowest BCUT2D eigenvalue weighted by Crippen LogP contribution is -2.09. The molecule has 2 nitrogen and oxygen atoms in total. The van der Waals surface area contributed by atoms with Crippen LogP contribution < -0.4 is 11.5 Å². The molecular formula is C13H20N2. The predicted molar refractivity (Wildman–Crippen MR) is 65.8 cm³/mol. The summed E-state index contributed by atoms with van der Waals surface area (Å²) in [7, 11) is 0. The maximum atomic E-state index is 6.13. The van der Waals surface area contributed by atoms with E-state index in [0.717, 1.165) is 16.9 Å². The van der Waals surface area contributed by atoms with Crippen LogP contribution in [0, 0.1) is 6.92 Å². The second kappa shape index (κ2) is 4.13. The average Bonchev–Trinajstić information content (AvgIpc) is 2.27. The number of nitrogens with two attached hydrogens (primary N) is 2. The molecule has 1 aromatic carbocycles. The van der Waals surface area contributed by atoms with Gasteiger partial charge in [-0.2, -0.15) is 0 Å². The molecule has 4 N–H and O–H groups in total. The highest BCUT2D eigenvalue weighted by Crippen LogP contribution is 2.37. The minimum Gasteiger partial charge on any atom is -0.398 e. The van der Waals surface area contributed by atoms with Gasteiger partial charge in [-0.15, -0.1) is 0 Å². The topological polar surface area (TPSA) is 52.0 Å². The highest BCUT2D eigenvalue weighted by molar-refractivity contribution is 5.65. The van der Waals surface area contributed by atoms with Crippen molar-refractivity contribution >= 4 is 11.4 Å². The van der Waals surface area contributed by atoms with Gasteiger partial charge >= 0.3 is 0 Å². The third kappa shape index (κ3) is 1.94. The first-order valence-electron chi connectivity index (χ1n) is 5.84. The van der Waals surface area contributed by atoms with E-state index in [-0.39, 0.29) is 0 Å². The van der Waals surface area contributed by atoms with Crippen molar-refractivity contribution in [3.63, 3.8) is 0 Å². The number of benzene rings is 1. The fraction of sp³-hybridized carbons (Fsp3) is 0.538. The van der Waals surface area contributed by atoms with E-state index in [1.54, 1.807) is 0 Å². The Hall–Kier alpha value is -1.18. The molecule has 0 aromatic heterocycles. The van der Waals surface area contributed by atoms with Crippen molar-refractivity contribution in [3.8, 4) is 0 Å². The van der Waals surface area contributed by atoms with Gasteiger partial charge in [-0.25, -0.2) is 0 Å². The molecule has 1 aliphatic rings. The van der Waals surface area contributed by atoms with E-state index >= 15 is 0 Å². The molecule has 15 heavy (non-hydrogen) atoms. The molecule has 1 aromatic rings. The SMILES string of the molecule is Cc1c(N)ccc(C2CCCCC2)c1N. The number of hydrogen-bond donors (Lipinski definition) is 2. The molecule has 0 aliphatic heterocycles. The van der Waals surface area contributed by atoms with Crippen LogP contribution in [0.15, 0.2) is 12.1 Å². The molecule has 0 bridgehead atoms. The van der Waals surface area contributed by atoms with E-state index in [4.69, 9.17) is 11.5 Å². The normalized spacial score (nSPS) is 17.9. The summed E-state index contributed by atoms with van der Waals surface area (Å²) in [5, 5.41) is 0. The molecule has 1 fully saturated rings. The van der Waals surface area contributed by atoms with E-state index in [1.807, 2.05) is 13.0 Å². The van der Waals surface area contributed by atoms with Gasteiger partial charge in [0, 0.05) is 11.4 Å². The van der Waals surface area contributed by atoms with Crippen LogP contribution in [-0.4, -0.2) is 0 Å². The fourth-order valence-electron chi connectivity index (χ4n) is 2.54. The van der Waals surface area contributed by atoms with Gasteiger partial charge in [0.15, 0.2) is 0 Å². The van der Waals surface area contributed by atoms with Crippen LogP contribution in [0.1, 0.15) is 49.1 Å². The molecule has 2 rings (SSSR count). The highest BCUT2D eigenvalue weighted by Gasteiger charge is 2.18. The van der Waals surface area contributed by atoms with Crippen molar-refractivity contribution in [2.45, 2.75) is 44.9 Å². The zero-order valence-corrected chi connectivity index (χ0v) is 9.42. The average molecular weight is 204 g/mol.